The van der Waals surface area contributed by atoms with Crippen LogP contribution in [0, 0.1) is 5.82 Å². The Morgan fingerprint density at radius 3 is 2.43 bits per heavy atom. The molecular weight excluding hydrogens is 471 g/mol. The first kappa shape index (κ1) is 25.1. The van der Waals surface area contributed by atoms with E-state index in [-0.39, 0.29) is 43.4 Å². The number of hydrogen-bond donors (Lipinski definition) is 1. The van der Waals surface area contributed by atoms with Gasteiger partial charge in [-0.3, -0.25) is 13.9 Å². The van der Waals surface area contributed by atoms with Gasteiger partial charge in [0, 0.05) is 36.4 Å². The van der Waals surface area contributed by atoms with Crippen molar-refractivity contribution in [2.45, 2.75) is 44.9 Å². The summed E-state index contributed by atoms with van der Waals surface area (Å²) in [6, 6.07) is 9.26. The summed E-state index contributed by atoms with van der Waals surface area (Å²) in [7, 11) is -3.66. The highest BCUT2D eigenvalue weighted by atomic mass is 32.2. The summed E-state index contributed by atoms with van der Waals surface area (Å²) < 4.78 is 46.5. The smallest absolute Gasteiger partial charge is 0.232 e. The van der Waals surface area contributed by atoms with Crippen LogP contribution in [-0.4, -0.2) is 39.3 Å². The minimum absolute atomic E-state index is 0.0784. The van der Waals surface area contributed by atoms with Crippen molar-refractivity contribution in [1.29, 1.82) is 0 Å². The number of sulfonamides is 1. The van der Waals surface area contributed by atoms with Crippen molar-refractivity contribution in [3.8, 4) is 11.3 Å². The zero-order chi connectivity index (χ0) is 25.3. The summed E-state index contributed by atoms with van der Waals surface area (Å²) in [6.45, 7) is 1.81. The molecule has 0 unspecified atom stereocenters. The van der Waals surface area contributed by atoms with E-state index in [0.717, 1.165) is 24.7 Å². The van der Waals surface area contributed by atoms with E-state index in [0.29, 0.717) is 40.0 Å². The summed E-state index contributed by atoms with van der Waals surface area (Å²) in [6.07, 6.45) is 3.76. The van der Waals surface area contributed by atoms with Gasteiger partial charge in [-0.05, 0) is 61.1 Å². The van der Waals surface area contributed by atoms with Crippen molar-refractivity contribution < 1.29 is 26.8 Å². The number of nitrogens with two attached hydrogens (primary N) is 1. The van der Waals surface area contributed by atoms with Crippen LogP contribution in [0.15, 0.2) is 40.8 Å². The van der Waals surface area contributed by atoms with Crippen molar-refractivity contribution in [3.05, 3.63) is 53.3 Å². The summed E-state index contributed by atoms with van der Waals surface area (Å²) >= 11 is 0. The number of rotatable bonds is 11. The Morgan fingerprint density at radius 1 is 1.17 bits per heavy atom. The van der Waals surface area contributed by atoms with E-state index in [4.69, 9.17) is 10.2 Å². The third-order valence-electron chi connectivity index (χ3n) is 6.27. The van der Waals surface area contributed by atoms with E-state index in [9.17, 15) is 22.4 Å². The number of fused-ring (bicyclic) bond motifs is 1. The fourth-order valence-corrected chi connectivity index (χ4v) is 5.31. The molecule has 0 saturated heterocycles. The molecule has 3 aromatic rings. The predicted octanol–water partition coefficient (Wildman–Crippen LogP) is 4.78. The lowest BCUT2D eigenvalue weighted by Gasteiger charge is -2.25. The quantitative estimate of drug-likeness (QED) is 0.379. The molecule has 7 nitrogen and oxygen atoms in total. The third-order valence-corrected chi connectivity index (χ3v) is 7.45. The van der Waals surface area contributed by atoms with Gasteiger partial charge in [-0.15, -0.1) is 0 Å². The van der Waals surface area contributed by atoms with Gasteiger partial charge in [-0.25, -0.2) is 12.8 Å². The molecule has 0 spiro atoms. The van der Waals surface area contributed by atoms with E-state index < -0.39 is 15.8 Å². The lowest BCUT2D eigenvalue weighted by Crippen LogP contribution is -2.32. The van der Waals surface area contributed by atoms with E-state index in [2.05, 4.69) is 0 Å². The normalized spacial score (nSPS) is 13.8. The molecule has 2 aromatic carbocycles. The van der Waals surface area contributed by atoms with Gasteiger partial charge >= 0.3 is 0 Å². The molecule has 1 fully saturated rings. The summed E-state index contributed by atoms with van der Waals surface area (Å²) in [4.78, 5) is 24.6. The maximum Gasteiger partial charge on any atom is 0.232 e. The second kappa shape index (κ2) is 9.91. The van der Waals surface area contributed by atoms with Gasteiger partial charge in [0.1, 0.15) is 22.9 Å². The highest BCUT2D eigenvalue weighted by molar-refractivity contribution is 7.92. The molecule has 35 heavy (non-hydrogen) atoms. The fourth-order valence-electron chi connectivity index (χ4n) is 4.33. The van der Waals surface area contributed by atoms with Crippen LogP contribution >= 0.6 is 0 Å². The molecule has 1 aliphatic rings. The lowest BCUT2D eigenvalue weighted by molar-refractivity contribution is -0.117. The molecule has 186 valence electrons. The topological polar surface area (TPSA) is 111 Å². The molecule has 2 N–H and O–H groups in total. The van der Waals surface area contributed by atoms with Crippen LogP contribution in [-0.2, 0) is 14.8 Å². The summed E-state index contributed by atoms with van der Waals surface area (Å²) in [5.74, 6) is -0.126. The average Bonchev–Trinajstić information content (AvgIpc) is 3.60. The molecule has 1 aromatic heterocycles. The molecule has 9 heteroatoms. The maximum atomic E-state index is 13.5. The molecule has 0 radical (unpaired) electrons. The van der Waals surface area contributed by atoms with Crippen LogP contribution < -0.4 is 10.0 Å². The maximum absolute atomic E-state index is 13.5. The number of carbonyl (C=O) groups excluding carboxylic acids is 2. The van der Waals surface area contributed by atoms with Crippen molar-refractivity contribution in [2.75, 3.05) is 23.7 Å². The molecule has 0 amide bonds. The number of hydrogen-bond acceptors (Lipinski definition) is 6. The van der Waals surface area contributed by atoms with E-state index >= 15 is 0 Å². The van der Waals surface area contributed by atoms with E-state index in [1.807, 2.05) is 6.07 Å². The van der Waals surface area contributed by atoms with Crippen LogP contribution in [0.3, 0.4) is 0 Å². The lowest BCUT2D eigenvalue weighted by atomic mass is 9.97. The van der Waals surface area contributed by atoms with Crippen LogP contribution in [0.2, 0.25) is 0 Å². The van der Waals surface area contributed by atoms with E-state index in [1.54, 1.807) is 25.1 Å². The number of carbonyl (C=O) groups is 2. The Labute approximate surface area is 204 Å². The molecular formula is C26H29FN2O5S. The van der Waals surface area contributed by atoms with Crippen LogP contribution in [0.5, 0.6) is 0 Å². The Balaban J connectivity index is 1.88. The van der Waals surface area contributed by atoms with Crippen LogP contribution in [0.1, 0.15) is 60.9 Å². The molecule has 1 saturated carbocycles. The molecule has 4 rings (SSSR count). The summed E-state index contributed by atoms with van der Waals surface area (Å²) in [5.41, 5.74) is 8.09. The Bertz CT molecular complexity index is 1370. The standard InChI is InChI=1S/C26H29FN2O5S/c1-3-23(31)25-21-13-20(16-6-7-16)22(29(35(2,32)33)12-4-5-19(30)15-28)14-24(21)34-26(25)17-8-10-18(27)11-9-17/h8-11,13-14,16H,3-7,12,15,28H2,1-2H3. The Hall–Kier alpha value is -3.04. The zero-order valence-electron chi connectivity index (χ0n) is 19.8. The van der Waals surface area contributed by atoms with E-state index in [1.165, 1.54) is 16.4 Å². The number of Topliss-reactive ketones (excluding diaryl/α,β-unsaturated/α-hetero) is 2. The number of ketones is 2. The van der Waals surface area contributed by atoms with Crippen molar-refractivity contribution in [3.63, 3.8) is 0 Å². The van der Waals surface area contributed by atoms with Gasteiger partial charge in [-0.1, -0.05) is 6.92 Å². The Morgan fingerprint density at radius 2 is 1.86 bits per heavy atom. The Kier molecular flexibility index (Phi) is 7.10. The van der Waals surface area contributed by atoms with Gasteiger partial charge < -0.3 is 10.2 Å². The molecule has 1 heterocycles. The monoisotopic (exact) mass is 500 g/mol. The van der Waals surface area contributed by atoms with Gasteiger partial charge in [0.2, 0.25) is 10.0 Å². The SMILES string of the molecule is CCC(=O)c1c(-c2ccc(F)cc2)oc2cc(N(CCCC(=O)CN)S(C)(=O)=O)c(C3CC3)cc12. The van der Waals surface area contributed by atoms with Gasteiger partial charge in [-0.2, -0.15) is 0 Å². The second-order valence-electron chi connectivity index (χ2n) is 8.95. The largest absolute Gasteiger partial charge is 0.455 e. The zero-order valence-corrected chi connectivity index (χ0v) is 20.7. The van der Waals surface area contributed by atoms with Gasteiger partial charge in [0.15, 0.2) is 5.78 Å². The highest BCUT2D eigenvalue weighted by Gasteiger charge is 2.33. The number of furan rings is 1. The highest BCUT2D eigenvalue weighted by Crippen LogP contribution is 2.48. The number of halogens is 1. The minimum Gasteiger partial charge on any atom is -0.455 e. The number of nitrogens with zero attached hydrogens (tertiary/aromatic N) is 1. The first-order valence-corrected chi connectivity index (χ1v) is 13.6. The van der Waals surface area contributed by atoms with Crippen molar-refractivity contribution in [2.24, 2.45) is 5.73 Å². The van der Waals surface area contributed by atoms with Crippen molar-refractivity contribution in [1.82, 2.24) is 0 Å². The van der Waals surface area contributed by atoms with Crippen LogP contribution in [0.4, 0.5) is 10.1 Å². The second-order valence-corrected chi connectivity index (χ2v) is 10.9. The van der Waals surface area contributed by atoms with Crippen molar-refractivity contribution >= 4 is 38.2 Å². The number of benzene rings is 2. The molecule has 0 aliphatic heterocycles. The number of anilines is 1. The first-order valence-electron chi connectivity index (χ1n) is 11.7. The van der Waals surface area contributed by atoms with Crippen LogP contribution in [0.25, 0.3) is 22.3 Å². The van der Waals surface area contributed by atoms with Gasteiger partial charge in [0.05, 0.1) is 24.1 Å². The third kappa shape index (κ3) is 5.31. The average molecular weight is 501 g/mol. The predicted molar refractivity (Wildman–Crippen MR) is 134 cm³/mol. The van der Waals surface area contributed by atoms with Gasteiger partial charge in [0.25, 0.3) is 0 Å². The minimum atomic E-state index is -3.66. The first-order chi connectivity index (χ1) is 16.6. The summed E-state index contributed by atoms with van der Waals surface area (Å²) in [5, 5.41) is 0.619. The molecule has 0 bridgehead atoms. The fraction of sp³-hybridized carbons (Fsp3) is 0.385. The molecule has 1 aliphatic carbocycles. The molecule has 0 atom stereocenters.